The SMILES string of the molecule is Fc1ccc(CNC2=NC(c3ccccc3Cl)C(c3ccccc3Cl)N2)cc1. The molecule has 3 aromatic carbocycles. The summed E-state index contributed by atoms with van der Waals surface area (Å²) in [4.78, 5) is 4.83. The highest BCUT2D eigenvalue weighted by molar-refractivity contribution is 6.32. The molecule has 28 heavy (non-hydrogen) atoms. The number of rotatable bonds is 4. The van der Waals surface area contributed by atoms with E-state index in [-0.39, 0.29) is 17.9 Å². The van der Waals surface area contributed by atoms with Crippen molar-refractivity contribution in [3.05, 3.63) is 105 Å². The number of hydrogen-bond acceptors (Lipinski definition) is 3. The molecule has 0 spiro atoms. The van der Waals surface area contributed by atoms with Gasteiger partial charge in [0, 0.05) is 16.6 Å². The van der Waals surface area contributed by atoms with Gasteiger partial charge >= 0.3 is 0 Å². The first-order valence-corrected chi connectivity index (χ1v) is 9.69. The van der Waals surface area contributed by atoms with Crippen LogP contribution in [0.25, 0.3) is 0 Å². The molecule has 2 unspecified atom stereocenters. The first-order valence-electron chi connectivity index (χ1n) is 8.93. The second kappa shape index (κ2) is 8.21. The van der Waals surface area contributed by atoms with Crippen LogP contribution in [0, 0.1) is 5.82 Å². The Labute approximate surface area is 173 Å². The maximum absolute atomic E-state index is 13.1. The molecular weight excluding hydrogens is 396 g/mol. The zero-order chi connectivity index (χ0) is 19.5. The van der Waals surface area contributed by atoms with E-state index in [1.54, 1.807) is 12.1 Å². The molecule has 2 atom stereocenters. The number of halogens is 3. The lowest BCUT2D eigenvalue weighted by atomic mass is 9.95. The molecule has 1 aliphatic heterocycles. The first kappa shape index (κ1) is 18.8. The van der Waals surface area contributed by atoms with E-state index < -0.39 is 0 Å². The van der Waals surface area contributed by atoms with E-state index in [9.17, 15) is 4.39 Å². The molecule has 0 saturated heterocycles. The third kappa shape index (κ3) is 3.98. The standard InChI is InChI=1S/C22H18Cl2FN3/c23-18-7-3-1-5-16(18)20-21(17-6-2-4-8-19(17)24)28-22(27-20)26-13-14-9-11-15(25)12-10-14/h1-12,20-21H,13H2,(H2,26,27,28). The van der Waals surface area contributed by atoms with Crippen LogP contribution in [0.5, 0.6) is 0 Å². The average Bonchev–Trinajstić information content (AvgIpc) is 3.12. The van der Waals surface area contributed by atoms with Gasteiger partial charge in [-0.15, -0.1) is 0 Å². The monoisotopic (exact) mass is 413 g/mol. The zero-order valence-electron chi connectivity index (χ0n) is 14.9. The van der Waals surface area contributed by atoms with Crippen LogP contribution in [0.2, 0.25) is 10.0 Å². The average molecular weight is 414 g/mol. The van der Waals surface area contributed by atoms with Gasteiger partial charge < -0.3 is 10.6 Å². The maximum Gasteiger partial charge on any atom is 0.192 e. The van der Waals surface area contributed by atoms with Crippen molar-refractivity contribution >= 4 is 29.2 Å². The number of nitrogens with zero attached hydrogens (tertiary/aromatic N) is 1. The lowest BCUT2D eigenvalue weighted by molar-refractivity contribution is 0.570. The van der Waals surface area contributed by atoms with Gasteiger partial charge in [-0.2, -0.15) is 0 Å². The van der Waals surface area contributed by atoms with Gasteiger partial charge in [0.25, 0.3) is 0 Å². The molecule has 6 heteroatoms. The Balaban J connectivity index is 1.61. The minimum absolute atomic E-state index is 0.149. The minimum atomic E-state index is -0.252. The van der Waals surface area contributed by atoms with Gasteiger partial charge in [-0.1, -0.05) is 71.7 Å². The Morgan fingerprint density at radius 2 is 1.46 bits per heavy atom. The maximum atomic E-state index is 13.1. The molecule has 0 saturated carbocycles. The third-order valence-electron chi connectivity index (χ3n) is 4.71. The number of benzene rings is 3. The topological polar surface area (TPSA) is 36.4 Å². The molecule has 3 aromatic rings. The summed E-state index contributed by atoms with van der Waals surface area (Å²) in [5.41, 5.74) is 2.85. The summed E-state index contributed by atoms with van der Waals surface area (Å²) in [5.74, 6) is 0.400. The predicted octanol–water partition coefficient (Wildman–Crippen LogP) is 5.66. The Morgan fingerprint density at radius 3 is 2.11 bits per heavy atom. The van der Waals surface area contributed by atoms with Crippen LogP contribution in [-0.4, -0.2) is 5.96 Å². The van der Waals surface area contributed by atoms with E-state index in [4.69, 9.17) is 28.2 Å². The molecule has 0 radical (unpaired) electrons. The van der Waals surface area contributed by atoms with Crippen molar-refractivity contribution in [2.75, 3.05) is 0 Å². The quantitative estimate of drug-likeness (QED) is 0.578. The molecule has 0 bridgehead atoms. The molecule has 142 valence electrons. The lowest BCUT2D eigenvalue weighted by Gasteiger charge is -2.21. The second-order valence-electron chi connectivity index (χ2n) is 6.57. The van der Waals surface area contributed by atoms with Crippen molar-refractivity contribution in [3.8, 4) is 0 Å². The van der Waals surface area contributed by atoms with E-state index >= 15 is 0 Å². The summed E-state index contributed by atoms with van der Waals surface area (Å²) in [5, 5.41) is 8.05. The molecule has 2 N–H and O–H groups in total. The highest BCUT2D eigenvalue weighted by Gasteiger charge is 2.33. The van der Waals surface area contributed by atoms with Gasteiger partial charge in [0.1, 0.15) is 11.9 Å². The van der Waals surface area contributed by atoms with Gasteiger partial charge in [-0.25, -0.2) is 9.38 Å². The van der Waals surface area contributed by atoms with Crippen molar-refractivity contribution in [2.45, 2.75) is 18.6 Å². The summed E-state index contributed by atoms with van der Waals surface area (Å²) >= 11 is 12.9. The molecular formula is C22H18Cl2FN3. The Hall–Kier alpha value is -2.56. The van der Waals surface area contributed by atoms with Crippen LogP contribution in [-0.2, 0) is 6.54 Å². The fraction of sp³-hybridized carbons (Fsp3) is 0.136. The van der Waals surface area contributed by atoms with Crippen LogP contribution in [0.1, 0.15) is 28.8 Å². The second-order valence-corrected chi connectivity index (χ2v) is 7.38. The van der Waals surface area contributed by atoms with Gasteiger partial charge in [0.05, 0.1) is 6.04 Å². The third-order valence-corrected chi connectivity index (χ3v) is 5.40. The Morgan fingerprint density at radius 1 is 0.857 bits per heavy atom. The largest absolute Gasteiger partial charge is 0.352 e. The molecule has 3 nitrogen and oxygen atoms in total. The zero-order valence-corrected chi connectivity index (χ0v) is 16.4. The van der Waals surface area contributed by atoms with Crippen molar-refractivity contribution in [3.63, 3.8) is 0 Å². The normalized spacial score (nSPS) is 18.5. The highest BCUT2D eigenvalue weighted by Crippen LogP contribution is 2.40. The number of hydrogen-bond donors (Lipinski definition) is 2. The first-order chi connectivity index (χ1) is 13.6. The van der Waals surface area contributed by atoms with Gasteiger partial charge in [-0.3, -0.25) is 0 Å². The van der Waals surface area contributed by atoms with E-state index in [1.165, 1.54) is 12.1 Å². The van der Waals surface area contributed by atoms with E-state index in [0.717, 1.165) is 16.7 Å². The molecule has 0 amide bonds. The predicted molar refractivity (Wildman–Crippen MR) is 112 cm³/mol. The van der Waals surface area contributed by atoms with Crippen molar-refractivity contribution in [1.82, 2.24) is 10.6 Å². The van der Waals surface area contributed by atoms with E-state index in [1.807, 2.05) is 48.5 Å². The number of guanidine groups is 1. The van der Waals surface area contributed by atoms with Gasteiger partial charge in [-0.05, 0) is 41.0 Å². The Kier molecular flexibility index (Phi) is 5.51. The van der Waals surface area contributed by atoms with Gasteiger partial charge in [0.15, 0.2) is 5.96 Å². The smallest absolute Gasteiger partial charge is 0.192 e. The molecule has 1 aliphatic rings. The van der Waals surface area contributed by atoms with Crippen LogP contribution in [0.15, 0.2) is 77.8 Å². The van der Waals surface area contributed by atoms with Crippen molar-refractivity contribution in [1.29, 1.82) is 0 Å². The van der Waals surface area contributed by atoms with Crippen LogP contribution in [0.3, 0.4) is 0 Å². The summed E-state index contributed by atoms with van der Waals surface area (Å²) in [6.07, 6.45) is 0. The lowest BCUT2D eigenvalue weighted by Crippen LogP contribution is -2.35. The molecule has 0 aliphatic carbocycles. The van der Waals surface area contributed by atoms with E-state index in [0.29, 0.717) is 22.5 Å². The molecule has 0 aromatic heterocycles. The van der Waals surface area contributed by atoms with Crippen molar-refractivity contribution < 1.29 is 4.39 Å². The van der Waals surface area contributed by atoms with Crippen LogP contribution >= 0.6 is 23.2 Å². The fourth-order valence-corrected chi connectivity index (χ4v) is 3.80. The van der Waals surface area contributed by atoms with Crippen LogP contribution in [0.4, 0.5) is 4.39 Å². The number of nitrogens with one attached hydrogen (secondary N) is 2. The fourth-order valence-electron chi connectivity index (χ4n) is 3.30. The van der Waals surface area contributed by atoms with E-state index in [2.05, 4.69) is 10.6 Å². The Bertz CT molecular complexity index is 1000. The minimum Gasteiger partial charge on any atom is -0.352 e. The summed E-state index contributed by atoms with van der Waals surface area (Å²) in [6.45, 7) is 0.524. The summed E-state index contributed by atoms with van der Waals surface area (Å²) < 4.78 is 13.1. The molecule has 0 fully saturated rings. The van der Waals surface area contributed by atoms with Gasteiger partial charge in [0.2, 0.25) is 0 Å². The summed E-state index contributed by atoms with van der Waals surface area (Å²) in [6, 6.07) is 21.4. The van der Waals surface area contributed by atoms with Crippen molar-refractivity contribution in [2.24, 2.45) is 4.99 Å². The van der Waals surface area contributed by atoms with Crippen LogP contribution < -0.4 is 10.6 Å². The highest BCUT2D eigenvalue weighted by atomic mass is 35.5. The molecule has 1 heterocycles. The number of aliphatic imine (C=N–C) groups is 1. The summed E-state index contributed by atoms with van der Waals surface area (Å²) in [7, 11) is 0. The molecule has 4 rings (SSSR count).